The van der Waals surface area contributed by atoms with E-state index in [1.165, 1.54) is 0 Å². The summed E-state index contributed by atoms with van der Waals surface area (Å²) < 4.78 is 0. The Morgan fingerprint density at radius 3 is 2.87 bits per heavy atom. The molecule has 0 bridgehead atoms. The smallest absolute Gasteiger partial charge is 0.312 e. The number of hydrogen-bond donors (Lipinski definition) is 3. The third-order valence-electron chi connectivity index (χ3n) is 1.88. The molecule has 4 N–H and O–H groups in total. The van der Waals surface area contributed by atoms with Crippen molar-refractivity contribution in [2.75, 3.05) is 13.1 Å². The van der Waals surface area contributed by atoms with Gasteiger partial charge in [-0.15, -0.1) is 0 Å². The molecule has 82 valence electrons. The maximum absolute atomic E-state index is 10.3. The number of nitrogens with one attached hydrogen (secondary N) is 2. The molecule has 0 saturated heterocycles. The molecule has 0 spiro atoms. The van der Waals surface area contributed by atoms with Crippen molar-refractivity contribution in [3.05, 3.63) is 29.6 Å². The zero-order valence-corrected chi connectivity index (χ0v) is 8.79. The standard InChI is InChI=1S/C10H16N4O/c1-8-2-3-9(14-6-8)7-12-4-5-13-10(11)15/h2-3,6,12H,4-5,7H2,1H3,(H3,11,13,15). The summed E-state index contributed by atoms with van der Waals surface area (Å²) in [5.41, 5.74) is 7.05. The lowest BCUT2D eigenvalue weighted by Gasteiger charge is -2.04. The molecule has 2 amide bonds. The van der Waals surface area contributed by atoms with E-state index < -0.39 is 6.03 Å². The van der Waals surface area contributed by atoms with Crippen LogP contribution in [-0.2, 0) is 6.54 Å². The van der Waals surface area contributed by atoms with Gasteiger partial charge in [-0.2, -0.15) is 0 Å². The SMILES string of the molecule is Cc1ccc(CNCCNC(N)=O)nc1. The van der Waals surface area contributed by atoms with Gasteiger partial charge in [-0.25, -0.2) is 4.79 Å². The fourth-order valence-corrected chi connectivity index (χ4v) is 1.09. The first-order chi connectivity index (χ1) is 7.18. The first-order valence-corrected chi connectivity index (χ1v) is 4.84. The summed E-state index contributed by atoms with van der Waals surface area (Å²) in [4.78, 5) is 14.6. The van der Waals surface area contributed by atoms with Gasteiger partial charge in [0.15, 0.2) is 0 Å². The number of amides is 2. The average molecular weight is 208 g/mol. The van der Waals surface area contributed by atoms with E-state index in [9.17, 15) is 4.79 Å². The van der Waals surface area contributed by atoms with Crippen molar-refractivity contribution in [1.29, 1.82) is 0 Å². The number of rotatable bonds is 5. The van der Waals surface area contributed by atoms with Crippen LogP contribution in [0.2, 0.25) is 0 Å². The Morgan fingerprint density at radius 2 is 2.27 bits per heavy atom. The summed E-state index contributed by atoms with van der Waals surface area (Å²) in [6.07, 6.45) is 1.83. The molecule has 5 nitrogen and oxygen atoms in total. The highest BCUT2D eigenvalue weighted by Crippen LogP contribution is 1.97. The largest absolute Gasteiger partial charge is 0.352 e. The van der Waals surface area contributed by atoms with Gasteiger partial charge in [-0.05, 0) is 18.6 Å². The second-order valence-corrected chi connectivity index (χ2v) is 3.29. The van der Waals surface area contributed by atoms with E-state index in [0.717, 1.165) is 11.3 Å². The van der Waals surface area contributed by atoms with E-state index in [4.69, 9.17) is 5.73 Å². The van der Waals surface area contributed by atoms with Crippen LogP contribution < -0.4 is 16.4 Å². The van der Waals surface area contributed by atoms with Crippen LogP contribution in [0.3, 0.4) is 0 Å². The number of primary amides is 1. The van der Waals surface area contributed by atoms with Crippen LogP contribution >= 0.6 is 0 Å². The molecule has 0 atom stereocenters. The molecule has 0 aliphatic carbocycles. The molecule has 0 aromatic carbocycles. The Balaban J connectivity index is 2.15. The maximum atomic E-state index is 10.3. The number of pyridine rings is 1. The first-order valence-electron chi connectivity index (χ1n) is 4.84. The minimum Gasteiger partial charge on any atom is -0.352 e. The summed E-state index contributed by atoms with van der Waals surface area (Å²) in [7, 11) is 0. The number of carbonyl (C=O) groups is 1. The van der Waals surface area contributed by atoms with Gasteiger partial charge in [0.05, 0.1) is 5.69 Å². The van der Waals surface area contributed by atoms with E-state index in [1.807, 2.05) is 25.3 Å². The van der Waals surface area contributed by atoms with E-state index >= 15 is 0 Å². The third kappa shape index (κ3) is 4.97. The fourth-order valence-electron chi connectivity index (χ4n) is 1.09. The number of urea groups is 1. The summed E-state index contributed by atoms with van der Waals surface area (Å²) in [6.45, 7) is 3.90. The van der Waals surface area contributed by atoms with Crippen LogP contribution in [0.5, 0.6) is 0 Å². The van der Waals surface area contributed by atoms with Crippen LogP contribution in [0, 0.1) is 6.92 Å². The molecule has 1 heterocycles. The predicted molar refractivity (Wildman–Crippen MR) is 58.3 cm³/mol. The minimum atomic E-state index is -0.495. The van der Waals surface area contributed by atoms with Crippen LogP contribution in [0.4, 0.5) is 4.79 Å². The molecule has 15 heavy (non-hydrogen) atoms. The highest BCUT2D eigenvalue weighted by molar-refractivity contribution is 5.71. The van der Waals surface area contributed by atoms with Crippen molar-refractivity contribution in [2.24, 2.45) is 5.73 Å². The highest BCUT2D eigenvalue weighted by Gasteiger charge is 1.94. The molecule has 0 fully saturated rings. The van der Waals surface area contributed by atoms with E-state index in [-0.39, 0.29) is 0 Å². The van der Waals surface area contributed by atoms with Gasteiger partial charge in [0, 0.05) is 25.8 Å². The van der Waals surface area contributed by atoms with Crippen molar-refractivity contribution >= 4 is 6.03 Å². The molecule has 5 heteroatoms. The summed E-state index contributed by atoms with van der Waals surface area (Å²) in [5.74, 6) is 0. The molecule has 0 aliphatic heterocycles. The van der Waals surface area contributed by atoms with Gasteiger partial charge >= 0.3 is 6.03 Å². The summed E-state index contributed by atoms with van der Waals surface area (Å²) in [5, 5.41) is 5.64. The minimum absolute atomic E-state index is 0.495. The van der Waals surface area contributed by atoms with Crippen molar-refractivity contribution < 1.29 is 4.79 Å². The van der Waals surface area contributed by atoms with Crippen molar-refractivity contribution in [1.82, 2.24) is 15.6 Å². The third-order valence-corrected chi connectivity index (χ3v) is 1.88. The van der Waals surface area contributed by atoms with Crippen LogP contribution in [0.1, 0.15) is 11.3 Å². The average Bonchev–Trinajstić information content (AvgIpc) is 2.20. The Hall–Kier alpha value is -1.62. The number of nitrogens with zero attached hydrogens (tertiary/aromatic N) is 1. The zero-order valence-electron chi connectivity index (χ0n) is 8.79. The lowest BCUT2D eigenvalue weighted by Crippen LogP contribution is -2.35. The maximum Gasteiger partial charge on any atom is 0.312 e. The van der Waals surface area contributed by atoms with Crippen LogP contribution in [0.15, 0.2) is 18.3 Å². The number of carbonyl (C=O) groups excluding carboxylic acids is 1. The second-order valence-electron chi connectivity index (χ2n) is 3.29. The highest BCUT2D eigenvalue weighted by atomic mass is 16.2. The zero-order chi connectivity index (χ0) is 11.1. The lowest BCUT2D eigenvalue weighted by molar-refractivity contribution is 0.249. The Bertz CT molecular complexity index is 310. The first kappa shape index (κ1) is 11.5. The molecular formula is C10H16N4O. The van der Waals surface area contributed by atoms with Crippen molar-refractivity contribution in [3.8, 4) is 0 Å². The number of aryl methyl sites for hydroxylation is 1. The number of aromatic nitrogens is 1. The molecule has 0 saturated carbocycles. The van der Waals surface area contributed by atoms with Gasteiger partial charge in [0.25, 0.3) is 0 Å². The molecule has 1 rings (SSSR count). The molecule has 0 unspecified atom stereocenters. The Morgan fingerprint density at radius 1 is 1.47 bits per heavy atom. The lowest BCUT2D eigenvalue weighted by atomic mass is 10.3. The van der Waals surface area contributed by atoms with Gasteiger partial charge in [0.2, 0.25) is 0 Å². The number of hydrogen-bond acceptors (Lipinski definition) is 3. The van der Waals surface area contributed by atoms with E-state index in [2.05, 4.69) is 15.6 Å². The van der Waals surface area contributed by atoms with Gasteiger partial charge in [-0.1, -0.05) is 6.07 Å². The van der Waals surface area contributed by atoms with Crippen LogP contribution in [-0.4, -0.2) is 24.1 Å². The summed E-state index contributed by atoms with van der Waals surface area (Å²) >= 11 is 0. The topological polar surface area (TPSA) is 80.0 Å². The van der Waals surface area contributed by atoms with Gasteiger partial charge in [0.1, 0.15) is 0 Å². The van der Waals surface area contributed by atoms with Crippen LogP contribution in [0.25, 0.3) is 0 Å². The molecule has 0 aliphatic rings. The Kier molecular flexibility index (Phi) is 4.56. The molecule has 1 aromatic rings. The molecule has 1 aromatic heterocycles. The van der Waals surface area contributed by atoms with Gasteiger partial charge in [-0.3, -0.25) is 4.98 Å². The number of nitrogens with two attached hydrogens (primary N) is 1. The molecule has 0 radical (unpaired) electrons. The Labute approximate surface area is 89.1 Å². The van der Waals surface area contributed by atoms with Gasteiger partial charge < -0.3 is 16.4 Å². The predicted octanol–water partition coefficient (Wildman–Crippen LogP) is 0.148. The van der Waals surface area contributed by atoms with E-state index in [0.29, 0.717) is 19.6 Å². The monoisotopic (exact) mass is 208 g/mol. The quantitative estimate of drug-likeness (QED) is 0.602. The van der Waals surface area contributed by atoms with Crippen molar-refractivity contribution in [2.45, 2.75) is 13.5 Å². The second kappa shape index (κ2) is 5.98. The summed E-state index contributed by atoms with van der Waals surface area (Å²) in [6, 6.07) is 3.50. The van der Waals surface area contributed by atoms with E-state index in [1.54, 1.807) is 0 Å². The molecular weight excluding hydrogens is 192 g/mol. The fraction of sp³-hybridized carbons (Fsp3) is 0.400. The van der Waals surface area contributed by atoms with Crippen molar-refractivity contribution in [3.63, 3.8) is 0 Å². The normalized spacial score (nSPS) is 9.93.